The van der Waals surface area contributed by atoms with Crippen molar-refractivity contribution >= 4 is 23.4 Å². The van der Waals surface area contributed by atoms with E-state index in [1.807, 2.05) is 17.9 Å². The molecule has 1 fully saturated rings. The summed E-state index contributed by atoms with van der Waals surface area (Å²) < 4.78 is 5.28. The molecule has 2 amide bonds. The van der Waals surface area contributed by atoms with Crippen LogP contribution in [0.25, 0.3) is 0 Å². The number of nitriles is 1. The van der Waals surface area contributed by atoms with Crippen LogP contribution < -0.4 is 15.5 Å². The number of anilines is 1. The molecule has 0 bridgehead atoms. The Balaban J connectivity index is 2.02. The second-order valence-electron chi connectivity index (χ2n) is 8.85. The van der Waals surface area contributed by atoms with Crippen LogP contribution in [-0.4, -0.2) is 47.7 Å². The standard InChI is InChI=1S/C22H31N5O5/c1-5-6-7-18(25-21(29)32-22(2,3)4)20(28)24-16-10-11-26(14-16)19-9-8-17(27(30)31)12-15(19)13-23/h8-9,12,16,18H,5-7,10-11,14H2,1-4H3,(H,24,28)(H,25,29)/t16-,18-/m0/s1. The van der Waals surface area contributed by atoms with Gasteiger partial charge in [0.15, 0.2) is 0 Å². The van der Waals surface area contributed by atoms with Crippen LogP contribution in [0.2, 0.25) is 0 Å². The molecule has 1 aliphatic rings. The molecule has 1 aliphatic heterocycles. The summed E-state index contributed by atoms with van der Waals surface area (Å²) in [6, 6.07) is 5.33. The first kappa shape index (κ1) is 24.9. The van der Waals surface area contributed by atoms with Gasteiger partial charge in [-0.2, -0.15) is 5.26 Å². The van der Waals surface area contributed by atoms with Crippen LogP contribution in [-0.2, 0) is 9.53 Å². The van der Waals surface area contributed by atoms with E-state index >= 15 is 0 Å². The minimum Gasteiger partial charge on any atom is -0.444 e. The highest BCUT2D eigenvalue weighted by Gasteiger charge is 2.30. The van der Waals surface area contributed by atoms with Crippen molar-refractivity contribution in [1.82, 2.24) is 10.6 Å². The number of amides is 2. The van der Waals surface area contributed by atoms with Gasteiger partial charge in [-0.15, -0.1) is 0 Å². The normalized spacial score (nSPS) is 16.7. The highest BCUT2D eigenvalue weighted by Crippen LogP contribution is 2.28. The Bertz CT molecular complexity index is 890. The van der Waals surface area contributed by atoms with E-state index in [2.05, 4.69) is 10.6 Å². The quantitative estimate of drug-likeness (QED) is 0.463. The number of hydrogen-bond donors (Lipinski definition) is 2. The van der Waals surface area contributed by atoms with Gasteiger partial charge in [-0.05, 0) is 39.7 Å². The third-order valence-electron chi connectivity index (χ3n) is 5.04. The summed E-state index contributed by atoms with van der Waals surface area (Å²) in [5, 5.41) is 26.0. The van der Waals surface area contributed by atoms with Gasteiger partial charge in [0.25, 0.3) is 5.69 Å². The van der Waals surface area contributed by atoms with Crippen molar-refractivity contribution in [2.24, 2.45) is 0 Å². The predicted molar refractivity (Wildman–Crippen MR) is 119 cm³/mol. The van der Waals surface area contributed by atoms with E-state index < -0.39 is 22.7 Å². The maximum atomic E-state index is 12.9. The van der Waals surface area contributed by atoms with E-state index in [0.29, 0.717) is 31.6 Å². The van der Waals surface area contributed by atoms with Crippen LogP contribution in [0.1, 0.15) is 58.9 Å². The average molecular weight is 446 g/mol. The van der Waals surface area contributed by atoms with Crippen molar-refractivity contribution in [2.75, 3.05) is 18.0 Å². The van der Waals surface area contributed by atoms with Gasteiger partial charge in [0.05, 0.1) is 16.2 Å². The maximum Gasteiger partial charge on any atom is 0.408 e. The highest BCUT2D eigenvalue weighted by molar-refractivity contribution is 5.86. The number of benzene rings is 1. The molecule has 1 saturated heterocycles. The van der Waals surface area contributed by atoms with Crippen LogP contribution >= 0.6 is 0 Å². The van der Waals surface area contributed by atoms with Crippen molar-refractivity contribution < 1.29 is 19.2 Å². The second kappa shape index (κ2) is 10.8. The van der Waals surface area contributed by atoms with Gasteiger partial charge < -0.3 is 20.3 Å². The van der Waals surface area contributed by atoms with Gasteiger partial charge in [0, 0.05) is 31.3 Å². The summed E-state index contributed by atoms with van der Waals surface area (Å²) in [5.74, 6) is -0.277. The fourth-order valence-electron chi connectivity index (χ4n) is 3.53. The third kappa shape index (κ3) is 7.11. The molecule has 1 heterocycles. The molecule has 32 heavy (non-hydrogen) atoms. The van der Waals surface area contributed by atoms with Crippen LogP contribution in [0.3, 0.4) is 0 Å². The lowest BCUT2D eigenvalue weighted by Gasteiger charge is -2.24. The van der Waals surface area contributed by atoms with Gasteiger partial charge in [-0.3, -0.25) is 14.9 Å². The zero-order valence-electron chi connectivity index (χ0n) is 19.0. The molecule has 0 aromatic heterocycles. The monoisotopic (exact) mass is 445 g/mol. The van der Waals surface area contributed by atoms with Crippen molar-refractivity contribution in [1.29, 1.82) is 5.26 Å². The number of unbranched alkanes of at least 4 members (excludes halogenated alkanes) is 1. The number of rotatable bonds is 8. The lowest BCUT2D eigenvalue weighted by Crippen LogP contribution is -2.51. The lowest BCUT2D eigenvalue weighted by atomic mass is 10.1. The Morgan fingerprint density at radius 1 is 1.41 bits per heavy atom. The summed E-state index contributed by atoms with van der Waals surface area (Å²) in [6.07, 6.45) is 2.18. The van der Waals surface area contributed by atoms with Crippen LogP contribution in [0, 0.1) is 21.4 Å². The fourth-order valence-corrected chi connectivity index (χ4v) is 3.53. The predicted octanol–water partition coefficient (Wildman–Crippen LogP) is 3.24. The number of carbonyl (C=O) groups excluding carboxylic acids is 2. The van der Waals surface area contributed by atoms with Gasteiger partial charge in [0.1, 0.15) is 17.7 Å². The number of nitrogens with zero attached hydrogens (tertiary/aromatic N) is 3. The molecule has 10 heteroatoms. The molecule has 10 nitrogen and oxygen atoms in total. The summed E-state index contributed by atoms with van der Waals surface area (Å²) in [5.41, 5.74) is 0.0228. The second-order valence-corrected chi connectivity index (χ2v) is 8.85. The molecular weight excluding hydrogens is 414 g/mol. The van der Waals surface area contributed by atoms with E-state index in [1.165, 1.54) is 12.1 Å². The minimum absolute atomic E-state index is 0.138. The Labute approximate surface area is 188 Å². The summed E-state index contributed by atoms with van der Waals surface area (Å²) in [7, 11) is 0. The minimum atomic E-state index is -0.701. The number of alkyl carbamates (subject to hydrolysis) is 1. The van der Waals surface area contributed by atoms with E-state index in [0.717, 1.165) is 12.8 Å². The first-order valence-corrected chi connectivity index (χ1v) is 10.8. The molecule has 2 N–H and O–H groups in total. The van der Waals surface area contributed by atoms with Gasteiger partial charge >= 0.3 is 6.09 Å². The summed E-state index contributed by atoms with van der Waals surface area (Å²) >= 11 is 0. The number of ether oxygens (including phenoxy) is 1. The van der Waals surface area contributed by atoms with E-state index in [9.17, 15) is 25.0 Å². The zero-order chi connectivity index (χ0) is 23.9. The number of nitrogens with one attached hydrogen (secondary N) is 2. The van der Waals surface area contributed by atoms with Crippen molar-refractivity contribution in [3.8, 4) is 6.07 Å². The molecule has 2 atom stereocenters. The number of hydrogen-bond acceptors (Lipinski definition) is 7. The van der Waals surface area contributed by atoms with Crippen LogP contribution in [0.5, 0.6) is 0 Å². The topological polar surface area (TPSA) is 138 Å². The number of carbonyl (C=O) groups is 2. The van der Waals surface area contributed by atoms with Crippen molar-refractivity contribution in [2.45, 2.75) is 71.1 Å². The third-order valence-corrected chi connectivity index (χ3v) is 5.04. The Morgan fingerprint density at radius 2 is 2.12 bits per heavy atom. The molecule has 0 aliphatic carbocycles. The number of non-ortho nitro benzene ring substituents is 1. The summed E-state index contributed by atoms with van der Waals surface area (Å²) in [6.45, 7) is 8.34. The zero-order valence-corrected chi connectivity index (χ0v) is 19.0. The Hall–Kier alpha value is -3.35. The van der Waals surface area contributed by atoms with E-state index in [4.69, 9.17) is 4.74 Å². The largest absolute Gasteiger partial charge is 0.444 e. The molecule has 1 aromatic rings. The van der Waals surface area contributed by atoms with Gasteiger partial charge in [0.2, 0.25) is 5.91 Å². The van der Waals surface area contributed by atoms with Crippen LogP contribution in [0.15, 0.2) is 18.2 Å². The summed E-state index contributed by atoms with van der Waals surface area (Å²) in [4.78, 5) is 37.4. The van der Waals surface area contributed by atoms with Crippen molar-refractivity contribution in [3.63, 3.8) is 0 Å². The maximum absolute atomic E-state index is 12.9. The van der Waals surface area contributed by atoms with Gasteiger partial charge in [-0.1, -0.05) is 19.8 Å². The molecule has 174 valence electrons. The molecule has 0 radical (unpaired) electrons. The average Bonchev–Trinajstić information content (AvgIpc) is 3.17. The molecule has 1 aromatic carbocycles. The van der Waals surface area contributed by atoms with Crippen LogP contribution in [0.4, 0.5) is 16.2 Å². The molecule has 0 unspecified atom stereocenters. The van der Waals surface area contributed by atoms with Gasteiger partial charge in [-0.25, -0.2) is 4.79 Å². The first-order valence-electron chi connectivity index (χ1n) is 10.8. The Kier molecular flexibility index (Phi) is 8.41. The molecule has 0 spiro atoms. The Morgan fingerprint density at radius 3 is 2.72 bits per heavy atom. The molecule has 2 rings (SSSR count). The smallest absolute Gasteiger partial charge is 0.408 e. The molecule has 0 saturated carbocycles. The van der Waals surface area contributed by atoms with E-state index in [-0.39, 0.29) is 23.2 Å². The number of nitro benzene ring substituents is 1. The first-order chi connectivity index (χ1) is 15.0. The lowest BCUT2D eigenvalue weighted by molar-refractivity contribution is -0.384. The highest BCUT2D eigenvalue weighted by atomic mass is 16.6. The fraction of sp³-hybridized carbons (Fsp3) is 0.591. The number of nitro groups is 1. The van der Waals surface area contributed by atoms with Crippen molar-refractivity contribution in [3.05, 3.63) is 33.9 Å². The SMILES string of the molecule is CCCC[C@H](NC(=O)OC(C)(C)C)C(=O)N[C@H]1CCN(c2ccc([N+](=O)[O-])cc2C#N)C1. The molecular formula is C22H31N5O5. The van der Waals surface area contributed by atoms with E-state index in [1.54, 1.807) is 26.8 Å².